The summed E-state index contributed by atoms with van der Waals surface area (Å²) in [5.74, 6) is 0.204. The Balaban J connectivity index is -0.0000000267. The second-order valence-electron chi connectivity index (χ2n) is 1.38. The average molecular weight is 98.4 g/mol. The molecule has 0 saturated heterocycles. The molecule has 6 heavy (non-hydrogen) atoms. The van der Waals surface area contributed by atoms with Gasteiger partial charge in [0.25, 0.3) is 0 Å². The van der Waals surface area contributed by atoms with Crippen molar-refractivity contribution in [3.8, 4) is 0 Å². The summed E-state index contributed by atoms with van der Waals surface area (Å²) in [5.41, 5.74) is 0. The molecule has 0 saturated carbocycles. The minimum atomic E-state index is 0. The number of hydrogen-bond donors (Lipinski definition) is 0. The third kappa shape index (κ3) is 8.83. The van der Waals surface area contributed by atoms with Crippen molar-refractivity contribution >= 4 is 29.3 Å². The van der Waals surface area contributed by atoms with Gasteiger partial charge < -0.3 is 7.65 Å². The zero-order valence-corrected chi connectivity index (χ0v) is 5.68. The molecule has 0 aliphatic heterocycles. The van der Waals surface area contributed by atoms with Gasteiger partial charge in [-0.1, -0.05) is 13.8 Å². The fourth-order valence-corrected chi connectivity index (χ4v) is 0. The summed E-state index contributed by atoms with van der Waals surface area (Å²) in [5, 5.41) is 0. The maximum absolute atomic E-state index is 9.50. The van der Waals surface area contributed by atoms with E-state index in [0.717, 1.165) is 6.29 Å². The molecule has 0 heterocycles. The van der Waals surface area contributed by atoms with E-state index in [1.165, 1.54) is 0 Å². The fourth-order valence-electron chi connectivity index (χ4n) is 0. The van der Waals surface area contributed by atoms with E-state index in [1.54, 1.807) is 0 Å². The van der Waals surface area contributed by atoms with E-state index in [0.29, 0.717) is 0 Å². The molecule has 0 N–H and O–H groups in total. The Morgan fingerprint density at radius 3 is 1.83 bits per heavy atom. The SMILES string of the molecule is CC(C)C=O.[H-].[H-].[Mg+2]. The minimum absolute atomic E-state index is 0. The molecule has 0 aromatic carbocycles. The van der Waals surface area contributed by atoms with E-state index in [-0.39, 0.29) is 31.8 Å². The van der Waals surface area contributed by atoms with Gasteiger partial charge in [-0.05, 0) is 0 Å². The summed E-state index contributed by atoms with van der Waals surface area (Å²) < 4.78 is 0. The molecule has 34 valence electrons. The molecule has 0 unspecified atom stereocenters. The van der Waals surface area contributed by atoms with E-state index in [2.05, 4.69) is 0 Å². The van der Waals surface area contributed by atoms with Crippen LogP contribution in [0.2, 0.25) is 0 Å². The normalized spacial score (nSPS) is 7.17. The molecule has 0 bridgehead atoms. The van der Waals surface area contributed by atoms with Gasteiger partial charge in [0.1, 0.15) is 6.29 Å². The minimum Gasteiger partial charge on any atom is -1.00 e. The van der Waals surface area contributed by atoms with Crippen molar-refractivity contribution < 1.29 is 7.65 Å². The molecule has 0 aliphatic carbocycles. The third-order valence-corrected chi connectivity index (χ3v) is 0.272. The number of carbonyl (C=O) groups excluding carboxylic acids is 1. The topological polar surface area (TPSA) is 17.1 Å². The Hall–Kier alpha value is 0.436. The van der Waals surface area contributed by atoms with Crippen LogP contribution in [-0.4, -0.2) is 29.3 Å². The largest absolute Gasteiger partial charge is 2.00 e. The van der Waals surface area contributed by atoms with Crippen LogP contribution in [0, 0.1) is 5.92 Å². The maximum atomic E-state index is 9.50. The van der Waals surface area contributed by atoms with E-state index in [4.69, 9.17) is 0 Å². The van der Waals surface area contributed by atoms with Crippen LogP contribution < -0.4 is 0 Å². The van der Waals surface area contributed by atoms with E-state index in [9.17, 15) is 4.79 Å². The molecule has 0 radical (unpaired) electrons. The molecule has 0 aromatic rings. The Morgan fingerprint density at radius 1 is 1.67 bits per heavy atom. The van der Waals surface area contributed by atoms with Crippen LogP contribution in [0.1, 0.15) is 16.7 Å². The van der Waals surface area contributed by atoms with Crippen LogP contribution in [0.25, 0.3) is 0 Å². The standard InChI is InChI=1S/C4H8O.Mg.2H/c1-4(2)3-5;;;/h3-4H,1-2H3;;;/q;+2;2*-1. The van der Waals surface area contributed by atoms with Crippen molar-refractivity contribution in [2.24, 2.45) is 5.92 Å². The molecule has 0 fully saturated rings. The molecule has 0 rings (SSSR count). The second kappa shape index (κ2) is 5.44. The molecule has 0 aliphatic rings. The summed E-state index contributed by atoms with van der Waals surface area (Å²) in [6.07, 6.45) is 0.917. The summed E-state index contributed by atoms with van der Waals surface area (Å²) in [4.78, 5) is 9.50. The molecular formula is C4H10MgO. The zero-order chi connectivity index (χ0) is 4.28. The van der Waals surface area contributed by atoms with Gasteiger partial charge in [0, 0.05) is 5.92 Å². The predicted molar refractivity (Wildman–Crippen MR) is 28.9 cm³/mol. The zero-order valence-electron chi connectivity index (χ0n) is 6.27. The second-order valence-corrected chi connectivity index (χ2v) is 1.38. The maximum Gasteiger partial charge on any atom is 2.00 e. The van der Waals surface area contributed by atoms with Crippen LogP contribution in [0.15, 0.2) is 0 Å². The van der Waals surface area contributed by atoms with Crippen LogP contribution in [0.3, 0.4) is 0 Å². The van der Waals surface area contributed by atoms with Gasteiger partial charge in [0.2, 0.25) is 0 Å². The molecule has 0 amide bonds. The molecule has 1 nitrogen and oxygen atoms in total. The average Bonchev–Trinajstić information content (AvgIpc) is 1.38. The van der Waals surface area contributed by atoms with Gasteiger partial charge >= 0.3 is 23.1 Å². The Labute approximate surface area is 57.2 Å². The van der Waals surface area contributed by atoms with Gasteiger partial charge in [-0.2, -0.15) is 0 Å². The first-order valence-corrected chi connectivity index (χ1v) is 1.72. The molecule has 0 aromatic heterocycles. The number of rotatable bonds is 1. The van der Waals surface area contributed by atoms with Crippen molar-refractivity contribution in [1.82, 2.24) is 0 Å². The Bertz CT molecular complexity index is 41.0. The van der Waals surface area contributed by atoms with E-state index < -0.39 is 0 Å². The first-order valence-electron chi connectivity index (χ1n) is 1.72. The van der Waals surface area contributed by atoms with Gasteiger partial charge in [0.15, 0.2) is 0 Å². The molecule has 0 spiro atoms. The van der Waals surface area contributed by atoms with Crippen molar-refractivity contribution in [1.29, 1.82) is 0 Å². The number of carbonyl (C=O) groups is 1. The monoisotopic (exact) mass is 98.1 g/mol. The van der Waals surface area contributed by atoms with Crippen molar-refractivity contribution in [3.63, 3.8) is 0 Å². The fraction of sp³-hybridized carbons (Fsp3) is 0.750. The van der Waals surface area contributed by atoms with Crippen LogP contribution in [0.5, 0.6) is 0 Å². The smallest absolute Gasteiger partial charge is 1.00 e. The number of hydrogen-bond acceptors (Lipinski definition) is 1. The quantitative estimate of drug-likeness (QED) is 0.348. The predicted octanol–water partition coefficient (Wildman–Crippen LogP) is 0.685. The van der Waals surface area contributed by atoms with E-state index in [1.807, 2.05) is 13.8 Å². The van der Waals surface area contributed by atoms with E-state index >= 15 is 0 Å². The summed E-state index contributed by atoms with van der Waals surface area (Å²) in [6.45, 7) is 3.71. The third-order valence-electron chi connectivity index (χ3n) is 0.272. The van der Waals surface area contributed by atoms with Gasteiger partial charge in [-0.15, -0.1) is 0 Å². The van der Waals surface area contributed by atoms with Crippen LogP contribution >= 0.6 is 0 Å². The summed E-state index contributed by atoms with van der Waals surface area (Å²) in [6, 6.07) is 0. The first-order chi connectivity index (χ1) is 2.27. The summed E-state index contributed by atoms with van der Waals surface area (Å²) >= 11 is 0. The van der Waals surface area contributed by atoms with Gasteiger partial charge in [-0.25, -0.2) is 0 Å². The molecule has 0 atom stereocenters. The van der Waals surface area contributed by atoms with Crippen LogP contribution in [0.4, 0.5) is 0 Å². The van der Waals surface area contributed by atoms with Crippen molar-refractivity contribution in [2.75, 3.05) is 0 Å². The summed E-state index contributed by atoms with van der Waals surface area (Å²) in [7, 11) is 0. The molecular weight excluding hydrogens is 88.3 g/mol. The van der Waals surface area contributed by atoms with Crippen LogP contribution in [-0.2, 0) is 4.79 Å². The van der Waals surface area contributed by atoms with Gasteiger partial charge in [0.05, 0.1) is 0 Å². The van der Waals surface area contributed by atoms with Gasteiger partial charge in [-0.3, -0.25) is 0 Å². The van der Waals surface area contributed by atoms with Crippen molar-refractivity contribution in [2.45, 2.75) is 13.8 Å². The Morgan fingerprint density at radius 2 is 1.83 bits per heavy atom. The first kappa shape index (κ1) is 9.66. The number of aldehydes is 1. The Kier molecular flexibility index (Phi) is 8.76. The molecule has 2 heteroatoms. The van der Waals surface area contributed by atoms with Crippen molar-refractivity contribution in [3.05, 3.63) is 0 Å².